The summed E-state index contributed by atoms with van der Waals surface area (Å²) in [6.45, 7) is 6.01. The van der Waals surface area contributed by atoms with Gasteiger partial charge in [-0.1, -0.05) is 18.2 Å². The number of pyridine rings is 1. The standard InChI is InChI=1S/C33H36N4O4/c1-22(38)36-14-15-37-30(21-36)32(35-33(37)24-12-17-39-18-13-24)27-6-4-5-25-19-29(34-20-28(25)27)23-8-10-26(11-9-23)41-31-7-2-3-16-40-31/h4-6,8-11,19-20,24,31H,2-3,7,12-18,21H2,1H3. The van der Waals surface area contributed by atoms with E-state index in [4.69, 9.17) is 24.2 Å². The lowest BCUT2D eigenvalue weighted by Crippen LogP contribution is -2.37. The van der Waals surface area contributed by atoms with Crippen molar-refractivity contribution in [3.8, 4) is 28.3 Å². The van der Waals surface area contributed by atoms with Crippen molar-refractivity contribution in [3.05, 3.63) is 66.2 Å². The fourth-order valence-corrected chi connectivity index (χ4v) is 6.34. The van der Waals surface area contributed by atoms with Gasteiger partial charge in [0.1, 0.15) is 11.6 Å². The van der Waals surface area contributed by atoms with Gasteiger partial charge >= 0.3 is 0 Å². The summed E-state index contributed by atoms with van der Waals surface area (Å²) in [5.74, 6) is 2.41. The second-order valence-electron chi connectivity index (χ2n) is 11.3. The largest absolute Gasteiger partial charge is 0.465 e. The number of benzene rings is 2. The highest BCUT2D eigenvalue weighted by Gasteiger charge is 2.30. The molecule has 1 amide bonds. The molecule has 8 nitrogen and oxygen atoms in total. The summed E-state index contributed by atoms with van der Waals surface area (Å²) < 4.78 is 19.7. The lowest BCUT2D eigenvalue weighted by molar-refractivity contribution is -0.130. The summed E-state index contributed by atoms with van der Waals surface area (Å²) in [7, 11) is 0. The highest BCUT2D eigenvalue weighted by Crippen LogP contribution is 2.37. The quantitative estimate of drug-likeness (QED) is 0.306. The van der Waals surface area contributed by atoms with Crippen molar-refractivity contribution in [3.63, 3.8) is 0 Å². The van der Waals surface area contributed by atoms with Crippen molar-refractivity contribution < 1.29 is 19.0 Å². The van der Waals surface area contributed by atoms with E-state index in [1.165, 1.54) is 0 Å². The van der Waals surface area contributed by atoms with Crippen molar-refractivity contribution >= 4 is 16.7 Å². The number of aromatic nitrogens is 3. The number of carbonyl (C=O) groups is 1. The van der Waals surface area contributed by atoms with E-state index in [1.54, 1.807) is 6.92 Å². The fraction of sp³-hybridized carbons (Fsp3) is 0.424. The Morgan fingerprint density at radius 1 is 1.00 bits per heavy atom. The van der Waals surface area contributed by atoms with Crippen molar-refractivity contribution in [1.29, 1.82) is 0 Å². The molecule has 0 radical (unpaired) electrons. The molecule has 0 spiro atoms. The third-order valence-electron chi connectivity index (χ3n) is 8.64. The van der Waals surface area contributed by atoms with E-state index in [0.29, 0.717) is 19.0 Å². The molecule has 1 atom stereocenters. The van der Waals surface area contributed by atoms with Gasteiger partial charge in [-0.25, -0.2) is 4.98 Å². The van der Waals surface area contributed by atoms with E-state index in [2.05, 4.69) is 41.0 Å². The molecule has 41 heavy (non-hydrogen) atoms. The smallest absolute Gasteiger partial charge is 0.219 e. The van der Waals surface area contributed by atoms with E-state index in [1.807, 2.05) is 23.2 Å². The van der Waals surface area contributed by atoms with Gasteiger partial charge < -0.3 is 23.7 Å². The number of ether oxygens (including phenoxy) is 3. The Morgan fingerprint density at radius 2 is 1.85 bits per heavy atom. The molecule has 0 aliphatic carbocycles. The first-order chi connectivity index (χ1) is 20.1. The van der Waals surface area contributed by atoms with Crippen LogP contribution >= 0.6 is 0 Å². The van der Waals surface area contributed by atoms with Crippen LogP contribution in [-0.2, 0) is 27.4 Å². The molecule has 3 aliphatic rings. The number of fused-ring (bicyclic) bond motifs is 2. The van der Waals surface area contributed by atoms with Gasteiger partial charge in [0.2, 0.25) is 5.91 Å². The van der Waals surface area contributed by atoms with Gasteiger partial charge in [0.25, 0.3) is 0 Å². The Bertz CT molecular complexity index is 1550. The first kappa shape index (κ1) is 26.2. The number of amides is 1. The third kappa shape index (κ3) is 5.22. The van der Waals surface area contributed by atoms with Crippen LogP contribution in [-0.4, -0.2) is 58.0 Å². The van der Waals surface area contributed by atoms with E-state index in [9.17, 15) is 4.79 Å². The Balaban J connectivity index is 1.22. The van der Waals surface area contributed by atoms with Crippen LogP contribution < -0.4 is 4.74 Å². The summed E-state index contributed by atoms with van der Waals surface area (Å²) >= 11 is 0. The lowest BCUT2D eigenvalue weighted by atomic mass is 9.99. The molecule has 7 rings (SSSR count). The van der Waals surface area contributed by atoms with Gasteiger partial charge in [0.15, 0.2) is 6.29 Å². The van der Waals surface area contributed by atoms with Crippen LogP contribution in [0.2, 0.25) is 0 Å². The number of nitrogens with zero attached hydrogens (tertiary/aromatic N) is 4. The molecule has 1 unspecified atom stereocenters. The summed E-state index contributed by atoms with van der Waals surface area (Å²) in [6.07, 6.45) is 6.93. The zero-order chi connectivity index (χ0) is 27.8. The van der Waals surface area contributed by atoms with Gasteiger partial charge in [0.05, 0.1) is 30.2 Å². The number of hydrogen-bond acceptors (Lipinski definition) is 6. The van der Waals surface area contributed by atoms with E-state index < -0.39 is 0 Å². The normalized spacial score (nSPS) is 19.7. The molecule has 0 bridgehead atoms. The monoisotopic (exact) mass is 552 g/mol. The number of rotatable bonds is 5. The topological polar surface area (TPSA) is 78.7 Å². The van der Waals surface area contributed by atoms with Gasteiger partial charge in [0, 0.05) is 68.3 Å². The van der Waals surface area contributed by atoms with Crippen LogP contribution in [0.25, 0.3) is 33.3 Å². The first-order valence-electron chi connectivity index (χ1n) is 14.8. The Hall–Kier alpha value is -3.75. The zero-order valence-electron chi connectivity index (χ0n) is 23.6. The molecule has 5 heterocycles. The van der Waals surface area contributed by atoms with Crippen LogP contribution in [0, 0.1) is 0 Å². The minimum Gasteiger partial charge on any atom is -0.465 e. The molecule has 2 aromatic heterocycles. The fourth-order valence-electron chi connectivity index (χ4n) is 6.34. The molecule has 2 aromatic carbocycles. The molecular formula is C33H36N4O4. The highest BCUT2D eigenvalue weighted by molar-refractivity contribution is 5.97. The molecular weight excluding hydrogens is 516 g/mol. The number of hydrogen-bond donors (Lipinski definition) is 0. The van der Waals surface area contributed by atoms with Crippen molar-refractivity contribution in [2.75, 3.05) is 26.4 Å². The average Bonchev–Trinajstić information content (AvgIpc) is 3.40. The third-order valence-corrected chi connectivity index (χ3v) is 8.64. The van der Waals surface area contributed by atoms with E-state index in [0.717, 1.165) is 109 Å². The minimum atomic E-state index is -0.157. The minimum absolute atomic E-state index is 0.0999. The molecule has 212 valence electrons. The molecule has 4 aromatic rings. The molecule has 0 saturated carbocycles. The maximum atomic E-state index is 12.3. The number of imidazole rings is 1. The van der Waals surface area contributed by atoms with E-state index in [-0.39, 0.29) is 12.2 Å². The summed E-state index contributed by atoms with van der Waals surface area (Å²) in [5.41, 5.74) is 5.08. The van der Waals surface area contributed by atoms with Crippen LogP contribution in [0.1, 0.15) is 56.5 Å². The van der Waals surface area contributed by atoms with Crippen molar-refractivity contribution in [2.45, 2.75) is 64.3 Å². The maximum absolute atomic E-state index is 12.3. The average molecular weight is 553 g/mol. The van der Waals surface area contributed by atoms with Gasteiger partial charge in [-0.05, 0) is 61.4 Å². The Labute approximate surface area is 240 Å². The Morgan fingerprint density at radius 3 is 2.63 bits per heavy atom. The van der Waals surface area contributed by atoms with Gasteiger partial charge in [-0.2, -0.15) is 0 Å². The predicted octanol–water partition coefficient (Wildman–Crippen LogP) is 5.93. The summed E-state index contributed by atoms with van der Waals surface area (Å²) in [5, 5.41) is 2.17. The van der Waals surface area contributed by atoms with Crippen LogP contribution in [0.15, 0.2) is 54.7 Å². The SMILES string of the molecule is CC(=O)N1CCn2c(C3CCOCC3)nc(-c3cccc4cc(-c5ccc(OC6CCCCO6)cc5)ncc34)c2C1. The second-order valence-corrected chi connectivity index (χ2v) is 11.3. The Kier molecular flexibility index (Phi) is 7.19. The van der Waals surface area contributed by atoms with Crippen LogP contribution in [0.5, 0.6) is 5.75 Å². The number of carbonyl (C=O) groups excluding carboxylic acids is 1. The van der Waals surface area contributed by atoms with Crippen LogP contribution in [0.4, 0.5) is 0 Å². The predicted molar refractivity (Wildman–Crippen MR) is 157 cm³/mol. The molecule has 3 aliphatic heterocycles. The maximum Gasteiger partial charge on any atom is 0.219 e. The summed E-state index contributed by atoms with van der Waals surface area (Å²) in [4.78, 5) is 24.4. The van der Waals surface area contributed by atoms with Crippen molar-refractivity contribution in [1.82, 2.24) is 19.4 Å². The van der Waals surface area contributed by atoms with Gasteiger partial charge in [-0.3, -0.25) is 9.78 Å². The molecule has 8 heteroatoms. The molecule has 0 N–H and O–H groups in total. The van der Waals surface area contributed by atoms with Gasteiger partial charge in [-0.15, -0.1) is 0 Å². The van der Waals surface area contributed by atoms with Crippen molar-refractivity contribution in [2.24, 2.45) is 0 Å². The van der Waals surface area contributed by atoms with E-state index >= 15 is 0 Å². The first-order valence-corrected chi connectivity index (χ1v) is 14.8. The lowest BCUT2D eigenvalue weighted by Gasteiger charge is -2.30. The van der Waals surface area contributed by atoms with Crippen LogP contribution in [0.3, 0.4) is 0 Å². The summed E-state index contributed by atoms with van der Waals surface area (Å²) in [6, 6.07) is 16.6. The second kappa shape index (κ2) is 11.3. The molecule has 2 fully saturated rings. The highest BCUT2D eigenvalue weighted by atomic mass is 16.7. The zero-order valence-corrected chi connectivity index (χ0v) is 23.6. The molecule has 2 saturated heterocycles.